The average molecular weight is 475 g/mol. The predicted molar refractivity (Wildman–Crippen MR) is 137 cm³/mol. The first-order valence-corrected chi connectivity index (χ1v) is 12.1. The van der Waals surface area contributed by atoms with E-state index in [9.17, 15) is 9.18 Å². The lowest BCUT2D eigenvalue weighted by atomic mass is 10.0. The van der Waals surface area contributed by atoms with E-state index >= 15 is 0 Å². The third-order valence-electron chi connectivity index (χ3n) is 6.77. The van der Waals surface area contributed by atoms with Crippen LogP contribution in [0, 0.1) is 12.7 Å². The molecule has 5 rings (SSSR count). The fraction of sp³-hybridized carbons (Fsp3) is 0.370. The summed E-state index contributed by atoms with van der Waals surface area (Å²) < 4.78 is 13.7. The number of carbonyl (C=O) groups is 1. The van der Waals surface area contributed by atoms with Crippen molar-refractivity contribution in [2.45, 2.75) is 19.9 Å². The Balaban J connectivity index is 1.34. The standard InChI is InChI=1S/C27H31FN6O/c1-19-7-9-22(10-8-19)32-13-15-33(16-14-32)27-29-24-11-12-34(18-23(24)25(30-27)31(2)3)26(35)20-5-4-6-21(28)17-20/h4-10,17H,11-16,18H2,1-3H3. The minimum atomic E-state index is -0.405. The molecular formula is C27H31FN6O. The molecule has 182 valence electrons. The minimum Gasteiger partial charge on any atom is -0.368 e. The lowest BCUT2D eigenvalue weighted by Gasteiger charge is -2.37. The van der Waals surface area contributed by atoms with E-state index in [4.69, 9.17) is 9.97 Å². The number of halogens is 1. The highest BCUT2D eigenvalue weighted by molar-refractivity contribution is 5.94. The molecule has 1 amide bonds. The summed E-state index contributed by atoms with van der Waals surface area (Å²) in [4.78, 5) is 31.3. The maximum absolute atomic E-state index is 13.7. The van der Waals surface area contributed by atoms with Crippen molar-refractivity contribution in [3.05, 3.63) is 76.7 Å². The maximum Gasteiger partial charge on any atom is 0.254 e. The highest BCUT2D eigenvalue weighted by Crippen LogP contribution is 2.29. The SMILES string of the molecule is Cc1ccc(N2CCN(c3nc4c(c(N(C)C)n3)CN(C(=O)c3cccc(F)c3)CC4)CC2)cc1. The number of hydrogen-bond donors (Lipinski definition) is 0. The summed E-state index contributed by atoms with van der Waals surface area (Å²) in [7, 11) is 3.93. The lowest BCUT2D eigenvalue weighted by molar-refractivity contribution is 0.0733. The van der Waals surface area contributed by atoms with Crippen molar-refractivity contribution in [1.82, 2.24) is 14.9 Å². The Morgan fingerprint density at radius 1 is 0.943 bits per heavy atom. The predicted octanol–water partition coefficient (Wildman–Crippen LogP) is 3.52. The Bertz CT molecular complexity index is 1220. The molecule has 8 heteroatoms. The first-order valence-electron chi connectivity index (χ1n) is 12.1. The number of nitrogens with zero attached hydrogens (tertiary/aromatic N) is 6. The number of rotatable bonds is 4. The summed E-state index contributed by atoms with van der Waals surface area (Å²) >= 11 is 0. The Labute approximate surface area is 205 Å². The van der Waals surface area contributed by atoms with Crippen molar-refractivity contribution in [1.29, 1.82) is 0 Å². The molecule has 35 heavy (non-hydrogen) atoms. The molecule has 0 spiro atoms. The zero-order valence-corrected chi connectivity index (χ0v) is 20.5. The summed E-state index contributed by atoms with van der Waals surface area (Å²) in [5.41, 5.74) is 4.83. The van der Waals surface area contributed by atoms with Crippen molar-refractivity contribution in [2.24, 2.45) is 0 Å². The van der Waals surface area contributed by atoms with Gasteiger partial charge in [0.05, 0.1) is 12.2 Å². The third kappa shape index (κ3) is 4.78. The highest BCUT2D eigenvalue weighted by Gasteiger charge is 2.29. The van der Waals surface area contributed by atoms with Crippen LogP contribution in [0.5, 0.6) is 0 Å². The number of piperazine rings is 1. The van der Waals surface area contributed by atoms with E-state index in [0.29, 0.717) is 25.1 Å². The summed E-state index contributed by atoms with van der Waals surface area (Å²) in [5.74, 6) is 1.01. The van der Waals surface area contributed by atoms with Crippen molar-refractivity contribution in [3.63, 3.8) is 0 Å². The molecule has 0 unspecified atom stereocenters. The van der Waals surface area contributed by atoms with Crippen LogP contribution < -0.4 is 14.7 Å². The zero-order valence-electron chi connectivity index (χ0n) is 20.5. The van der Waals surface area contributed by atoms with Gasteiger partial charge in [0, 0.05) is 70.1 Å². The van der Waals surface area contributed by atoms with Crippen LogP contribution in [0.4, 0.5) is 21.8 Å². The number of benzene rings is 2. The maximum atomic E-state index is 13.7. The summed E-state index contributed by atoms with van der Waals surface area (Å²) in [6.07, 6.45) is 0.649. The van der Waals surface area contributed by atoms with Gasteiger partial charge >= 0.3 is 0 Å². The van der Waals surface area contributed by atoms with Gasteiger partial charge in [0.25, 0.3) is 5.91 Å². The van der Waals surface area contributed by atoms with E-state index in [2.05, 4.69) is 41.0 Å². The van der Waals surface area contributed by atoms with E-state index in [1.165, 1.54) is 23.4 Å². The van der Waals surface area contributed by atoms with E-state index in [1.807, 2.05) is 19.0 Å². The van der Waals surface area contributed by atoms with Gasteiger partial charge in [-0.05, 0) is 37.3 Å². The van der Waals surface area contributed by atoms with E-state index in [1.54, 1.807) is 17.0 Å². The van der Waals surface area contributed by atoms with Gasteiger partial charge in [0.1, 0.15) is 11.6 Å². The summed E-state index contributed by atoms with van der Waals surface area (Å²) in [6.45, 7) is 6.60. The number of hydrogen-bond acceptors (Lipinski definition) is 6. The second kappa shape index (κ2) is 9.52. The molecule has 0 aliphatic carbocycles. The van der Waals surface area contributed by atoms with Crippen LogP contribution in [0.3, 0.4) is 0 Å². The number of carbonyl (C=O) groups excluding carboxylic acids is 1. The molecule has 1 saturated heterocycles. The highest BCUT2D eigenvalue weighted by atomic mass is 19.1. The Morgan fingerprint density at radius 2 is 1.66 bits per heavy atom. The molecule has 0 N–H and O–H groups in total. The molecule has 7 nitrogen and oxygen atoms in total. The third-order valence-corrected chi connectivity index (χ3v) is 6.77. The Hall–Kier alpha value is -3.68. The second-order valence-corrected chi connectivity index (χ2v) is 9.46. The zero-order chi connectivity index (χ0) is 24.5. The molecule has 0 saturated carbocycles. The van der Waals surface area contributed by atoms with E-state index < -0.39 is 5.82 Å². The smallest absolute Gasteiger partial charge is 0.254 e. The van der Waals surface area contributed by atoms with Crippen LogP contribution >= 0.6 is 0 Å². The first-order chi connectivity index (χ1) is 16.9. The fourth-order valence-corrected chi connectivity index (χ4v) is 4.79. The monoisotopic (exact) mass is 474 g/mol. The number of anilines is 3. The summed E-state index contributed by atoms with van der Waals surface area (Å²) in [5, 5.41) is 0. The largest absolute Gasteiger partial charge is 0.368 e. The molecule has 3 aromatic rings. The van der Waals surface area contributed by atoms with Crippen molar-refractivity contribution >= 4 is 23.4 Å². The van der Waals surface area contributed by atoms with Crippen LogP contribution in [0.25, 0.3) is 0 Å². The molecule has 2 aliphatic heterocycles. The normalized spacial score (nSPS) is 15.7. The molecule has 2 aliphatic rings. The number of aryl methyl sites for hydroxylation is 1. The Kier molecular flexibility index (Phi) is 6.28. The molecule has 1 aromatic heterocycles. The van der Waals surface area contributed by atoms with Gasteiger partial charge in [-0.3, -0.25) is 4.79 Å². The molecule has 1 fully saturated rings. The molecule has 0 atom stereocenters. The van der Waals surface area contributed by atoms with Crippen LogP contribution in [0.2, 0.25) is 0 Å². The van der Waals surface area contributed by atoms with Crippen molar-refractivity contribution < 1.29 is 9.18 Å². The molecule has 0 radical (unpaired) electrons. The van der Waals surface area contributed by atoms with Gasteiger partial charge in [0.15, 0.2) is 0 Å². The lowest BCUT2D eigenvalue weighted by Crippen LogP contribution is -2.47. The van der Waals surface area contributed by atoms with Gasteiger partial charge in [-0.1, -0.05) is 23.8 Å². The minimum absolute atomic E-state index is 0.170. The van der Waals surface area contributed by atoms with Crippen LogP contribution in [0.1, 0.15) is 27.2 Å². The topological polar surface area (TPSA) is 55.8 Å². The second-order valence-electron chi connectivity index (χ2n) is 9.46. The van der Waals surface area contributed by atoms with Gasteiger partial charge in [-0.2, -0.15) is 4.98 Å². The number of amides is 1. The molecule has 2 aromatic carbocycles. The quantitative estimate of drug-likeness (QED) is 0.577. The fourth-order valence-electron chi connectivity index (χ4n) is 4.79. The van der Waals surface area contributed by atoms with Gasteiger partial charge in [0.2, 0.25) is 5.95 Å². The molecule has 0 bridgehead atoms. The van der Waals surface area contributed by atoms with Gasteiger partial charge < -0.3 is 19.6 Å². The summed E-state index contributed by atoms with van der Waals surface area (Å²) in [6, 6.07) is 14.5. The van der Waals surface area contributed by atoms with Crippen LogP contribution in [0.15, 0.2) is 48.5 Å². The van der Waals surface area contributed by atoms with Crippen molar-refractivity contribution in [2.75, 3.05) is 61.5 Å². The molecular weight excluding hydrogens is 443 g/mol. The molecule has 3 heterocycles. The van der Waals surface area contributed by atoms with Crippen molar-refractivity contribution in [3.8, 4) is 0 Å². The van der Waals surface area contributed by atoms with Crippen LogP contribution in [-0.4, -0.2) is 67.6 Å². The van der Waals surface area contributed by atoms with E-state index in [-0.39, 0.29) is 5.91 Å². The van der Waals surface area contributed by atoms with Gasteiger partial charge in [-0.15, -0.1) is 0 Å². The Morgan fingerprint density at radius 3 is 2.34 bits per heavy atom. The van der Waals surface area contributed by atoms with E-state index in [0.717, 1.165) is 49.2 Å². The first kappa shape index (κ1) is 23.1. The average Bonchev–Trinajstić information content (AvgIpc) is 2.88. The van der Waals surface area contributed by atoms with Gasteiger partial charge in [-0.25, -0.2) is 9.37 Å². The number of aromatic nitrogens is 2. The van der Waals surface area contributed by atoms with Crippen LogP contribution in [-0.2, 0) is 13.0 Å². The number of fused-ring (bicyclic) bond motifs is 1.